The van der Waals surface area contributed by atoms with Crippen LogP contribution < -0.4 is 9.47 Å². The van der Waals surface area contributed by atoms with Gasteiger partial charge in [-0.1, -0.05) is 29.8 Å². The number of aromatic nitrogens is 2. The summed E-state index contributed by atoms with van der Waals surface area (Å²) in [6.07, 6.45) is 2.75. The molecule has 0 radical (unpaired) electrons. The van der Waals surface area contributed by atoms with Gasteiger partial charge in [0.15, 0.2) is 4.88 Å². The lowest BCUT2D eigenvalue weighted by Crippen LogP contribution is -2.46. The molecular formula is C33H38ClN3O6S. The molecule has 11 heteroatoms. The molecule has 1 saturated heterocycles. The van der Waals surface area contributed by atoms with Crippen LogP contribution in [0.5, 0.6) is 11.5 Å². The Kier molecular flexibility index (Phi) is 9.41. The van der Waals surface area contributed by atoms with Gasteiger partial charge in [-0.15, -0.1) is 11.3 Å². The van der Waals surface area contributed by atoms with Gasteiger partial charge in [-0.05, 0) is 65.7 Å². The Morgan fingerprint density at radius 2 is 1.86 bits per heavy atom. The normalized spacial score (nSPS) is 16.8. The van der Waals surface area contributed by atoms with Crippen LogP contribution in [-0.2, 0) is 9.47 Å². The molecule has 3 heterocycles. The molecule has 3 atom stereocenters. The number of ether oxygens (including phenoxy) is 4. The third kappa shape index (κ3) is 7.13. The van der Waals surface area contributed by atoms with E-state index in [1.54, 1.807) is 17.3 Å². The molecule has 0 N–H and O–H groups in total. The Labute approximate surface area is 266 Å². The number of carbonyl (C=O) groups excluding carboxylic acids is 2. The van der Waals surface area contributed by atoms with Crippen LogP contribution in [0.3, 0.4) is 0 Å². The van der Waals surface area contributed by atoms with E-state index in [1.165, 1.54) is 18.4 Å². The summed E-state index contributed by atoms with van der Waals surface area (Å²) in [5.41, 5.74) is 1.87. The number of hydrogen-bond acceptors (Lipinski definition) is 8. The standard InChI is InChI=1S/C33H38ClN3O6S/c1-20(22-10-9-15-36(18-22)32(39)43-33(3,4)5)41-23-13-14-26-27(16-23)37(19-35-26)29-17-28(30(44-29)31(38)40-6)42-21(2)24-11-7-8-12-25(24)34/h7-8,11-14,16-17,19-22H,9-10,15,18H2,1-6H3/t20-,21-,22-/m1/s1. The van der Waals surface area contributed by atoms with Gasteiger partial charge in [0.2, 0.25) is 0 Å². The lowest BCUT2D eigenvalue weighted by atomic mass is 9.93. The minimum atomic E-state index is -0.536. The number of carbonyl (C=O) groups is 2. The maximum Gasteiger partial charge on any atom is 0.410 e. The molecule has 0 aliphatic carbocycles. The fraction of sp³-hybridized carbons (Fsp3) is 0.424. The summed E-state index contributed by atoms with van der Waals surface area (Å²) in [4.78, 5) is 32.1. The molecule has 234 valence electrons. The predicted molar refractivity (Wildman–Crippen MR) is 171 cm³/mol. The molecule has 2 aromatic heterocycles. The first kappa shape index (κ1) is 31.7. The van der Waals surface area contributed by atoms with Crippen LogP contribution >= 0.6 is 22.9 Å². The van der Waals surface area contributed by atoms with Crippen LogP contribution in [0.1, 0.15) is 68.8 Å². The molecule has 0 bridgehead atoms. The number of benzene rings is 2. The molecule has 0 unspecified atom stereocenters. The summed E-state index contributed by atoms with van der Waals surface area (Å²) in [6.45, 7) is 10.8. The SMILES string of the molecule is COC(=O)c1sc(-n2cnc3ccc(O[C@H](C)[C@@H]4CCCN(C(=O)OC(C)(C)C)C4)cc32)cc1O[C@H](C)c1ccccc1Cl. The highest BCUT2D eigenvalue weighted by Crippen LogP contribution is 2.38. The maximum absolute atomic E-state index is 12.7. The second kappa shape index (κ2) is 13.1. The van der Waals surface area contributed by atoms with Crippen molar-refractivity contribution in [2.75, 3.05) is 20.2 Å². The molecular weight excluding hydrogens is 602 g/mol. The summed E-state index contributed by atoms with van der Waals surface area (Å²) < 4.78 is 25.2. The average molecular weight is 640 g/mol. The smallest absolute Gasteiger partial charge is 0.410 e. The Balaban J connectivity index is 1.36. The van der Waals surface area contributed by atoms with Crippen molar-refractivity contribution < 1.29 is 28.5 Å². The van der Waals surface area contributed by atoms with Crippen molar-refractivity contribution in [2.24, 2.45) is 5.92 Å². The fourth-order valence-corrected chi connectivity index (χ4v) is 6.58. The molecule has 1 amide bonds. The van der Waals surface area contributed by atoms with E-state index in [0.29, 0.717) is 34.5 Å². The van der Waals surface area contributed by atoms with E-state index >= 15 is 0 Å². The van der Waals surface area contributed by atoms with E-state index in [-0.39, 0.29) is 18.1 Å². The van der Waals surface area contributed by atoms with Crippen molar-refractivity contribution in [3.8, 4) is 16.5 Å². The predicted octanol–water partition coefficient (Wildman–Crippen LogP) is 8.08. The Morgan fingerprint density at radius 3 is 2.59 bits per heavy atom. The summed E-state index contributed by atoms with van der Waals surface area (Å²) >= 11 is 7.65. The third-order valence-corrected chi connectivity index (χ3v) is 8.99. The molecule has 9 nitrogen and oxygen atoms in total. The van der Waals surface area contributed by atoms with Gasteiger partial charge in [-0.3, -0.25) is 4.57 Å². The van der Waals surface area contributed by atoms with E-state index in [0.717, 1.165) is 34.4 Å². The van der Waals surface area contributed by atoms with Gasteiger partial charge in [0.05, 0.1) is 18.1 Å². The monoisotopic (exact) mass is 639 g/mol. The maximum atomic E-state index is 12.7. The van der Waals surface area contributed by atoms with Gasteiger partial charge in [-0.25, -0.2) is 14.6 Å². The quantitative estimate of drug-likeness (QED) is 0.180. The van der Waals surface area contributed by atoms with Gasteiger partial charge < -0.3 is 23.8 Å². The second-order valence-electron chi connectivity index (χ2n) is 12.0. The minimum absolute atomic E-state index is 0.131. The highest BCUT2D eigenvalue weighted by Gasteiger charge is 2.31. The van der Waals surface area contributed by atoms with Crippen molar-refractivity contribution in [1.29, 1.82) is 0 Å². The van der Waals surface area contributed by atoms with Crippen LogP contribution in [0.4, 0.5) is 4.79 Å². The van der Waals surface area contributed by atoms with Crippen LogP contribution in [0.25, 0.3) is 16.0 Å². The molecule has 44 heavy (non-hydrogen) atoms. The Morgan fingerprint density at radius 1 is 1.09 bits per heavy atom. The molecule has 2 aromatic carbocycles. The lowest BCUT2D eigenvalue weighted by molar-refractivity contribution is 0.00801. The largest absolute Gasteiger partial charge is 0.490 e. The molecule has 1 aliphatic rings. The highest BCUT2D eigenvalue weighted by molar-refractivity contribution is 7.16. The zero-order valence-corrected chi connectivity index (χ0v) is 27.4. The van der Waals surface area contributed by atoms with Crippen molar-refractivity contribution in [2.45, 2.75) is 65.3 Å². The number of nitrogens with zero attached hydrogens (tertiary/aromatic N) is 3. The number of halogens is 1. The Bertz CT molecular complexity index is 1640. The highest BCUT2D eigenvalue weighted by atomic mass is 35.5. The van der Waals surface area contributed by atoms with E-state index in [1.807, 2.05) is 81.7 Å². The fourth-order valence-electron chi connectivity index (χ4n) is 5.29. The van der Waals surface area contributed by atoms with Gasteiger partial charge in [0.1, 0.15) is 40.6 Å². The zero-order chi connectivity index (χ0) is 31.6. The number of amides is 1. The van der Waals surface area contributed by atoms with E-state index in [2.05, 4.69) is 4.98 Å². The van der Waals surface area contributed by atoms with Gasteiger partial charge in [0, 0.05) is 41.7 Å². The number of esters is 1. The number of piperidine rings is 1. The molecule has 5 rings (SSSR count). The number of imidazole rings is 1. The van der Waals surface area contributed by atoms with Gasteiger partial charge in [0.25, 0.3) is 0 Å². The van der Waals surface area contributed by atoms with Crippen molar-refractivity contribution >= 4 is 46.0 Å². The summed E-state index contributed by atoms with van der Waals surface area (Å²) in [5, 5.41) is 1.32. The number of methoxy groups -OCH3 is 1. The summed E-state index contributed by atoms with van der Waals surface area (Å²) in [6, 6.07) is 15.0. The van der Waals surface area contributed by atoms with E-state index in [4.69, 9.17) is 30.5 Å². The number of thiophene rings is 1. The minimum Gasteiger partial charge on any atom is -0.490 e. The van der Waals surface area contributed by atoms with E-state index in [9.17, 15) is 9.59 Å². The molecule has 4 aromatic rings. The Hall–Kier alpha value is -3.76. The molecule has 1 fully saturated rings. The van der Waals surface area contributed by atoms with Crippen LogP contribution in [0, 0.1) is 5.92 Å². The van der Waals surface area contributed by atoms with Crippen molar-refractivity contribution in [3.63, 3.8) is 0 Å². The number of hydrogen-bond donors (Lipinski definition) is 0. The van der Waals surface area contributed by atoms with Crippen molar-refractivity contribution in [1.82, 2.24) is 14.5 Å². The second-order valence-corrected chi connectivity index (χ2v) is 13.4. The van der Waals surface area contributed by atoms with Crippen LogP contribution in [0.15, 0.2) is 54.9 Å². The third-order valence-electron chi connectivity index (χ3n) is 7.55. The first-order valence-electron chi connectivity index (χ1n) is 14.7. The topological polar surface area (TPSA) is 92.1 Å². The van der Waals surface area contributed by atoms with Crippen molar-refractivity contribution in [3.05, 3.63) is 70.3 Å². The first-order chi connectivity index (χ1) is 20.9. The molecule has 0 spiro atoms. The van der Waals surface area contributed by atoms with Gasteiger partial charge >= 0.3 is 12.1 Å². The lowest BCUT2D eigenvalue weighted by Gasteiger charge is -2.36. The number of fused-ring (bicyclic) bond motifs is 1. The van der Waals surface area contributed by atoms with Crippen LogP contribution in [-0.4, -0.2) is 58.4 Å². The van der Waals surface area contributed by atoms with Gasteiger partial charge in [-0.2, -0.15) is 0 Å². The van der Waals surface area contributed by atoms with E-state index < -0.39 is 17.7 Å². The van der Waals surface area contributed by atoms with Crippen LogP contribution in [0.2, 0.25) is 5.02 Å². The average Bonchev–Trinajstić information content (AvgIpc) is 3.60. The molecule has 0 saturated carbocycles. The molecule has 1 aliphatic heterocycles. The first-order valence-corrected chi connectivity index (χ1v) is 15.9. The summed E-state index contributed by atoms with van der Waals surface area (Å²) in [7, 11) is 1.35. The number of rotatable bonds is 8. The number of likely N-dealkylation sites (tertiary alicyclic amines) is 1. The summed E-state index contributed by atoms with van der Waals surface area (Å²) in [5.74, 6) is 0.767. The zero-order valence-electron chi connectivity index (χ0n) is 25.8.